The van der Waals surface area contributed by atoms with Crippen molar-refractivity contribution < 1.29 is 29.3 Å². The second-order valence-corrected chi connectivity index (χ2v) is 4.85. The molecule has 0 radical (unpaired) electrons. The molecule has 2 atom stereocenters. The van der Waals surface area contributed by atoms with Gasteiger partial charge in [0.25, 0.3) is 0 Å². The first-order valence-electron chi connectivity index (χ1n) is 6.50. The molecular formula is C12H20N2O6. The minimum absolute atomic E-state index is 0.0445. The van der Waals surface area contributed by atoms with E-state index in [0.29, 0.717) is 19.5 Å². The molecule has 0 aromatic heterocycles. The van der Waals surface area contributed by atoms with Crippen molar-refractivity contribution in [1.29, 1.82) is 0 Å². The number of carbonyl (C=O) groups is 3. The van der Waals surface area contributed by atoms with E-state index in [4.69, 9.17) is 14.9 Å². The summed E-state index contributed by atoms with van der Waals surface area (Å²) in [6, 6.07) is -0.300. The molecular weight excluding hydrogens is 268 g/mol. The van der Waals surface area contributed by atoms with Crippen molar-refractivity contribution in [2.75, 3.05) is 26.2 Å². The van der Waals surface area contributed by atoms with Gasteiger partial charge in [-0.25, -0.2) is 4.79 Å². The van der Waals surface area contributed by atoms with Crippen LogP contribution in [0, 0.1) is 5.92 Å². The lowest BCUT2D eigenvalue weighted by Crippen LogP contribution is -2.52. The summed E-state index contributed by atoms with van der Waals surface area (Å²) in [4.78, 5) is 34.6. The molecule has 0 aromatic carbocycles. The highest BCUT2D eigenvalue weighted by Gasteiger charge is 2.30. The number of piperidine rings is 1. The van der Waals surface area contributed by atoms with Gasteiger partial charge in [-0.2, -0.15) is 0 Å². The zero-order valence-corrected chi connectivity index (χ0v) is 11.4. The maximum absolute atomic E-state index is 11.4. The van der Waals surface area contributed by atoms with Gasteiger partial charge in [0, 0.05) is 25.6 Å². The summed E-state index contributed by atoms with van der Waals surface area (Å²) in [7, 11) is 0. The van der Waals surface area contributed by atoms with E-state index >= 15 is 0 Å². The molecule has 1 amide bonds. The van der Waals surface area contributed by atoms with Crippen LogP contribution in [0.2, 0.25) is 0 Å². The van der Waals surface area contributed by atoms with Crippen LogP contribution in [-0.2, 0) is 14.3 Å². The molecule has 8 nitrogen and oxygen atoms in total. The van der Waals surface area contributed by atoms with Crippen LogP contribution in [0.1, 0.15) is 19.8 Å². The maximum atomic E-state index is 11.4. The minimum Gasteiger partial charge on any atom is -0.481 e. The fourth-order valence-electron chi connectivity index (χ4n) is 2.46. The average Bonchev–Trinajstić information content (AvgIpc) is 2.26. The molecule has 0 bridgehead atoms. The third kappa shape index (κ3) is 5.87. The molecule has 0 aromatic rings. The van der Waals surface area contributed by atoms with E-state index in [-0.39, 0.29) is 31.5 Å². The average molecular weight is 288 g/mol. The highest BCUT2D eigenvalue weighted by Crippen LogP contribution is 2.20. The van der Waals surface area contributed by atoms with Crippen LogP contribution in [0.25, 0.3) is 0 Å². The van der Waals surface area contributed by atoms with Gasteiger partial charge in [0.15, 0.2) is 0 Å². The zero-order valence-electron chi connectivity index (χ0n) is 11.4. The number of alkyl carbamates (subject to hydrolysis) is 1. The third-order valence-corrected chi connectivity index (χ3v) is 3.03. The van der Waals surface area contributed by atoms with E-state index in [1.807, 2.05) is 0 Å². The number of carboxylic acids is 2. The smallest absolute Gasteiger partial charge is 0.407 e. The van der Waals surface area contributed by atoms with Crippen LogP contribution in [0.4, 0.5) is 4.79 Å². The van der Waals surface area contributed by atoms with Crippen LogP contribution in [0.3, 0.4) is 0 Å². The molecule has 114 valence electrons. The van der Waals surface area contributed by atoms with Gasteiger partial charge in [0.05, 0.1) is 13.2 Å². The summed E-state index contributed by atoms with van der Waals surface area (Å²) in [5.74, 6) is -2.09. The topological polar surface area (TPSA) is 116 Å². The Balaban J connectivity index is 2.60. The van der Waals surface area contributed by atoms with Gasteiger partial charge >= 0.3 is 18.0 Å². The Morgan fingerprint density at radius 3 is 2.50 bits per heavy atom. The summed E-state index contributed by atoms with van der Waals surface area (Å²) in [6.45, 7) is 2.54. The van der Waals surface area contributed by atoms with Gasteiger partial charge in [-0.05, 0) is 19.3 Å². The van der Waals surface area contributed by atoms with Crippen molar-refractivity contribution in [2.45, 2.75) is 25.8 Å². The maximum Gasteiger partial charge on any atom is 0.407 e. The van der Waals surface area contributed by atoms with E-state index < -0.39 is 18.0 Å². The normalized spacial score (nSPS) is 23.1. The largest absolute Gasteiger partial charge is 0.481 e. The predicted octanol–water partition coefficient (Wildman–Crippen LogP) is -0.0177. The molecule has 1 saturated heterocycles. The molecule has 0 aliphatic carbocycles. The first kappa shape index (κ1) is 16.2. The van der Waals surface area contributed by atoms with E-state index in [1.165, 1.54) is 0 Å². The van der Waals surface area contributed by atoms with Gasteiger partial charge in [-0.3, -0.25) is 14.5 Å². The Bertz CT molecular complexity index is 349. The molecule has 1 heterocycles. The number of hydrogen-bond acceptors (Lipinski definition) is 5. The van der Waals surface area contributed by atoms with Crippen molar-refractivity contribution in [3.63, 3.8) is 0 Å². The van der Waals surface area contributed by atoms with Gasteiger partial charge in [0.1, 0.15) is 0 Å². The van der Waals surface area contributed by atoms with Crippen LogP contribution < -0.4 is 5.32 Å². The van der Waals surface area contributed by atoms with Gasteiger partial charge < -0.3 is 20.3 Å². The van der Waals surface area contributed by atoms with Crippen LogP contribution in [0.15, 0.2) is 0 Å². The summed E-state index contributed by atoms with van der Waals surface area (Å²) in [6.07, 6.45) is -0.109. The molecule has 0 spiro atoms. The van der Waals surface area contributed by atoms with Crippen LogP contribution in [-0.4, -0.2) is 65.4 Å². The Kier molecular flexibility index (Phi) is 6.23. The Morgan fingerprint density at radius 1 is 1.25 bits per heavy atom. The molecule has 1 fully saturated rings. The number of nitrogens with zero attached hydrogens (tertiary/aromatic N) is 1. The lowest BCUT2D eigenvalue weighted by atomic mass is 9.91. The lowest BCUT2D eigenvalue weighted by Gasteiger charge is -2.36. The molecule has 1 aliphatic rings. The molecule has 2 unspecified atom stereocenters. The standard InChI is InChI=1S/C12H20N2O6/c1-2-20-12(19)13-9-3-8(4-10(15)16)5-14(6-9)7-11(17)18/h8-9H,2-7H2,1H3,(H,13,19)(H,15,16)(H,17,18). The van der Waals surface area contributed by atoms with Crippen LogP contribution >= 0.6 is 0 Å². The number of carboxylic acid groups (broad SMARTS) is 2. The van der Waals surface area contributed by atoms with Crippen molar-refractivity contribution >= 4 is 18.0 Å². The zero-order chi connectivity index (χ0) is 15.1. The number of ether oxygens (including phenoxy) is 1. The highest BCUT2D eigenvalue weighted by molar-refractivity contribution is 5.70. The molecule has 1 aliphatic heterocycles. The second-order valence-electron chi connectivity index (χ2n) is 4.85. The van der Waals surface area contributed by atoms with Crippen molar-refractivity contribution in [2.24, 2.45) is 5.92 Å². The van der Waals surface area contributed by atoms with Gasteiger partial charge in [-0.15, -0.1) is 0 Å². The Morgan fingerprint density at radius 2 is 1.95 bits per heavy atom. The fraction of sp³-hybridized carbons (Fsp3) is 0.750. The summed E-state index contributed by atoms with van der Waals surface area (Å²) < 4.78 is 4.78. The van der Waals surface area contributed by atoms with Gasteiger partial charge in [0.2, 0.25) is 0 Å². The van der Waals surface area contributed by atoms with Gasteiger partial charge in [-0.1, -0.05) is 0 Å². The molecule has 0 saturated carbocycles. The van der Waals surface area contributed by atoms with E-state index in [1.54, 1.807) is 11.8 Å². The monoisotopic (exact) mass is 288 g/mol. The Hall–Kier alpha value is -1.83. The molecule has 20 heavy (non-hydrogen) atoms. The number of aliphatic carboxylic acids is 2. The number of nitrogens with one attached hydrogen (secondary N) is 1. The van der Waals surface area contributed by atoms with E-state index in [0.717, 1.165) is 0 Å². The number of likely N-dealkylation sites (tertiary alicyclic amines) is 1. The number of hydrogen-bond donors (Lipinski definition) is 3. The highest BCUT2D eigenvalue weighted by atomic mass is 16.5. The Labute approximate surface area is 116 Å². The predicted molar refractivity (Wildman–Crippen MR) is 68.4 cm³/mol. The SMILES string of the molecule is CCOC(=O)NC1CC(CC(=O)O)CN(CC(=O)O)C1. The summed E-state index contributed by atoms with van der Waals surface area (Å²) in [5, 5.41) is 20.3. The van der Waals surface area contributed by atoms with Crippen molar-refractivity contribution in [3.05, 3.63) is 0 Å². The molecule has 8 heteroatoms. The minimum atomic E-state index is -0.976. The van der Waals surface area contributed by atoms with Crippen molar-refractivity contribution in [1.82, 2.24) is 10.2 Å². The number of amides is 1. The number of rotatable bonds is 6. The third-order valence-electron chi connectivity index (χ3n) is 3.03. The summed E-state index contributed by atoms with van der Waals surface area (Å²) >= 11 is 0. The second kappa shape index (κ2) is 7.68. The fourth-order valence-corrected chi connectivity index (χ4v) is 2.46. The lowest BCUT2D eigenvalue weighted by molar-refractivity contribution is -0.139. The van der Waals surface area contributed by atoms with E-state index in [2.05, 4.69) is 5.32 Å². The van der Waals surface area contributed by atoms with E-state index in [9.17, 15) is 14.4 Å². The number of carbonyl (C=O) groups excluding carboxylic acids is 1. The van der Waals surface area contributed by atoms with Crippen molar-refractivity contribution in [3.8, 4) is 0 Å². The van der Waals surface area contributed by atoms with Crippen LogP contribution in [0.5, 0.6) is 0 Å². The quantitative estimate of drug-likeness (QED) is 0.629. The molecule has 1 rings (SSSR count). The first-order valence-corrected chi connectivity index (χ1v) is 6.50. The first-order chi connectivity index (χ1) is 9.40. The molecule has 3 N–H and O–H groups in total. The summed E-state index contributed by atoms with van der Waals surface area (Å²) in [5.41, 5.74) is 0.